The minimum atomic E-state index is -0.867. The van der Waals surface area contributed by atoms with Crippen LogP contribution in [0.1, 0.15) is 23.1 Å². The minimum absolute atomic E-state index is 0.195. The predicted octanol–water partition coefficient (Wildman–Crippen LogP) is 2.40. The average molecular weight is 330 g/mol. The zero-order chi connectivity index (χ0) is 17.1. The fourth-order valence-electron chi connectivity index (χ4n) is 3.34. The van der Waals surface area contributed by atoms with Gasteiger partial charge in [-0.05, 0) is 29.8 Å². The lowest BCUT2D eigenvalue weighted by Crippen LogP contribution is -2.44. The summed E-state index contributed by atoms with van der Waals surface area (Å²) in [6, 6.07) is 10.3. The molecule has 1 aromatic carbocycles. The number of aromatic nitrogens is 1. The molecule has 3 rings (SSSR count). The summed E-state index contributed by atoms with van der Waals surface area (Å²) in [5, 5.41) is 13.1. The van der Waals surface area contributed by atoms with Crippen LogP contribution in [-0.4, -0.2) is 36.3 Å². The first-order chi connectivity index (χ1) is 11.6. The van der Waals surface area contributed by atoms with Crippen LogP contribution in [0, 0.1) is 11.7 Å². The first-order valence-corrected chi connectivity index (χ1v) is 7.79. The number of aliphatic carboxylic acids is 1. The molecular formula is C18H19FN2O3. The fraction of sp³-hybridized carbons (Fsp3) is 0.333. The normalized spacial score (nSPS) is 23.7. The minimum Gasteiger partial charge on any atom is -0.497 e. The van der Waals surface area contributed by atoms with Crippen LogP contribution in [0.4, 0.5) is 4.39 Å². The van der Waals surface area contributed by atoms with Crippen LogP contribution in [0.2, 0.25) is 0 Å². The second-order valence-corrected chi connectivity index (χ2v) is 5.91. The molecule has 126 valence electrons. The summed E-state index contributed by atoms with van der Waals surface area (Å²) in [5.74, 6) is -1.71. The standard InChI is InChI=1S/C18H19FN2O3/c1-24-13-5-2-11(3-6-13)14-9-20-10-15(17(14)18(22)23)16-7-4-12(19)8-21-16/h2-8,14-15,17,20H,9-10H2,1H3,(H,22,23). The highest BCUT2D eigenvalue weighted by molar-refractivity contribution is 5.73. The second kappa shape index (κ2) is 6.97. The van der Waals surface area contributed by atoms with E-state index in [4.69, 9.17) is 4.74 Å². The van der Waals surface area contributed by atoms with E-state index in [1.54, 1.807) is 13.2 Å². The third kappa shape index (κ3) is 3.23. The van der Waals surface area contributed by atoms with Crippen LogP contribution in [0.15, 0.2) is 42.6 Å². The number of carbonyl (C=O) groups is 1. The molecule has 2 N–H and O–H groups in total. The largest absolute Gasteiger partial charge is 0.497 e. The van der Waals surface area contributed by atoms with E-state index in [0.29, 0.717) is 18.8 Å². The number of nitrogens with zero attached hydrogens (tertiary/aromatic N) is 1. The van der Waals surface area contributed by atoms with E-state index in [1.807, 2.05) is 24.3 Å². The highest BCUT2D eigenvalue weighted by Crippen LogP contribution is 2.38. The van der Waals surface area contributed by atoms with Crippen molar-refractivity contribution in [3.05, 3.63) is 59.7 Å². The van der Waals surface area contributed by atoms with E-state index in [0.717, 1.165) is 17.5 Å². The van der Waals surface area contributed by atoms with E-state index in [1.165, 1.54) is 6.07 Å². The van der Waals surface area contributed by atoms with Crippen molar-refractivity contribution >= 4 is 5.97 Å². The zero-order valence-electron chi connectivity index (χ0n) is 13.3. The molecule has 2 heterocycles. The molecule has 0 bridgehead atoms. The number of hydrogen-bond acceptors (Lipinski definition) is 4. The molecule has 6 heteroatoms. The summed E-state index contributed by atoms with van der Waals surface area (Å²) in [5.41, 5.74) is 1.53. The molecule has 24 heavy (non-hydrogen) atoms. The van der Waals surface area contributed by atoms with Crippen molar-refractivity contribution in [2.24, 2.45) is 5.92 Å². The first-order valence-electron chi connectivity index (χ1n) is 7.79. The first kappa shape index (κ1) is 16.4. The van der Waals surface area contributed by atoms with E-state index in [9.17, 15) is 14.3 Å². The Balaban J connectivity index is 1.93. The lowest BCUT2D eigenvalue weighted by Gasteiger charge is -2.36. The van der Waals surface area contributed by atoms with Gasteiger partial charge >= 0.3 is 5.97 Å². The Morgan fingerprint density at radius 1 is 1.21 bits per heavy atom. The number of piperidine rings is 1. The van der Waals surface area contributed by atoms with Crippen LogP contribution >= 0.6 is 0 Å². The number of methoxy groups -OCH3 is 1. The molecule has 1 aliphatic rings. The second-order valence-electron chi connectivity index (χ2n) is 5.91. The number of carboxylic acids is 1. The molecule has 0 amide bonds. The molecule has 3 unspecified atom stereocenters. The van der Waals surface area contributed by atoms with Gasteiger partial charge in [0.15, 0.2) is 0 Å². The van der Waals surface area contributed by atoms with Gasteiger partial charge in [0, 0.05) is 30.6 Å². The number of ether oxygens (including phenoxy) is 1. The lowest BCUT2D eigenvalue weighted by molar-refractivity contribution is -0.144. The average Bonchev–Trinajstić information content (AvgIpc) is 2.61. The molecule has 1 saturated heterocycles. The van der Waals surface area contributed by atoms with E-state index in [-0.39, 0.29) is 11.8 Å². The predicted molar refractivity (Wildman–Crippen MR) is 86.7 cm³/mol. The van der Waals surface area contributed by atoms with Gasteiger partial charge in [0.1, 0.15) is 11.6 Å². The van der Waals surface area contributed by atoms with Crippen molar-refractivity contribution in [2.45, 2.75) is 11.8 Å². The third-order valence-electron chi connectivity index (χ3n) is 4.55. The van der Waals surface area contributed by atoms with Crippen molar-refractivity contribution in [2.75, 3.05) is 20.2 Å². The summed E-state index contributed by atoms with van der Waals surface area (Å²) in [6.07, 6.45) is 1.13. The van der Waals surface area contributed by atoms with Gasteiger partial charge in [-0.1, -0.05) is 12.1 Å². The van der Waals surface area contributed by atoms with Crippen molar-refractivity contribution in [3.63, 3.8) is 0 Å². The van der Waals surface area contributed by atoms with Crippen molar-refractivity contribution in [3.8, 4) is 5.75 Å². The number of halogens is 1. The lowest BCUT2D eigenvalue weighted by atomic mass is 9.73. The number of carboxylic acid groups (broad SMARTS) is 1. The maximum Gasteiger partial charge on any atom is 0.307 e. The van der Waals surface area contributed by atoms with Gasteiger partial charge in [-0.2, -0.15) is 0 Å². The van der Waals surface area contributed by atoms with Crippen LogP contribution in [0.5, 0.6) is 5.75 Å². The number of hydrogen-bond donors (Lipinski definition) is 2. The molecule has 1 aliphatic heterocycles. The molecule has 1 aromatic heterocycles. The zero-order valence-corrected chi connectivity index (χ0v) is 13.3. The smallest absolute Gasteiger partial charge is 0.307 e. The van der Waals surface area contributed by atoms with Gasteiger partial charge in [0.05, 0.1) is 19.2 Å². The molecular weight excluding hydrogens is 311 g/mol. The molecule has 5 nitrogen and oxygen atoms in total. The third-order valence-corrected chi connectivity index (χ3v) is 4.55. The van der Waals surface area contributed by atoms with Gasteiger partial charge in [-0.25, -0.2) is 4.39 Å². The van der Waals surface area contributed by atoms with Gasteiger partial charge in [0.25, 0.3) is 0 Å². The molecule has 0 aliphatic carbocycles. The number of pyridine rings is 1. The highest BCUT2D eigenvalue weighted by atomic mass is 19.1. The topological polar surface area (TPSA) is 71.5 Å². The molecule has 2 aromatic rings. The van der Waals surface area contributed by atoms with Crippen LogP contribution < -0.4 is 10.1 Å². The summed E-state index contributed by atoms with van der Waals surface area (Å²) in [6.45, 7) is 1.07. The van der Waals surface area contributed by atoms with Gasteiger partial charge in [-0.3, -0.25) is 9.78 Å². The number of benzene rings is 1. The van der Waals surface area contributed by atoms with Crippen LogP contribution in [0.3, 0.4) is 0 Å². The Kier molecular flexibility index (Phi) is 4.76. The fourth-order valence-corrected chi connectivity index (χ4v) is 3.34. The maximum atomic E-state index is 13.1. The van der Waals surface area contributed by atoms with Crippen LogP contribution in [-0.2, 0) is 4.79 Å². The number of nitrogens with one attached hydrogen (secondary N) is 1. The highest BCUT2D eigenvalue weighted by Gasteiger charge is 2.40. The van der Waals surface area contributed by atoms with Crippen molar-refractivity contribution in [1.82, 2.24) is 10.3 Å². The molecule has 0 radical (unpaired) electrons. The van der Waals surface area contributed by atoms with Gasteiger partial charge in [0.2, 0.25) is 0 Å². The summed E-state index contributed by atoms with van der Waals surface area (Å²) in [4.78, 5) is 16.0. The van der Waals surface area contributed by atoms with Gasteiger partial charge < -0.3 is 15.2 Å². The van der Waals surface area contributed by atoms with E-state index < -0.39 is 17.7 Å². The summed E-state index contributed by atoms with van der Waals surface area (Å²) >= 11 is 0. The Morgan fingerprint density at radius 3 is 2.50 bits per heavy atom. The van der Waals surface area contributed by atoms with Crippen LogP contribution in [0.25, 0.3) is 0 Å². The molecule has 0 spiro atoms. The Labute approximate surface area is 139 Å². The molecule has 3 atom stereocenters. The maximum absolute atomic E-state index is 13.1. The molecule has 1 fully saturated rings. The number of rotatable bonds is 4. The molecule has 0 saturated carbocycles. The Hall–Kier alpha value is -2.47. The van der Waals surface area contributed by atoms with Crippen molar-refractivity contribution in [1.29, 1.82) is 0 Å². The van der Waals surface area contributed by atoms with Crippen molar-refractivity contribution < 1.29 is 19.0 Å². The van der Waals surface area contributed by atoms with Gasteiger partial charge in [-0.15, -0.1) is 0 Å². The van der Waals surface area contributed by atoms with E-state index >= 15 is 0 Å². The quantitative estimate of drug-likeness (QED) is 0.901. The monoisotopic (exact) mass is 330 g/mol. The SMILES string of the molecule is COc1ccc(C2CNCC(c3ccc(F)cn3)C2C(=O)O)cc1. The Bertz CT molecular complexity index is 703. The Morgan fingerprint density at radius 2 is 1.92 bits per heavy atom. The summed E-state index contributed by atoms with van der Waals surface area (Å²) in [7, 11) is 1.59. The summed E-state index contributed by atoms with van der Waals surface area (Å²) < 4.78 is 18.3. The van der Waals surface area contributed by atoms with E-state index in [2.05, 4.69) is 10.3 Å².